The van der Waals surface area contributed by atoms with Gasteiger partial charge in [0.1, 0.15) is 0 Å². The van der Waals surface area contributed by atoms with Gasteiger partial charge in [0, 0.05) is 11.6 Å². The van der Waals surface area contributed by atoms with Gasteiger partial charge in [-0.05, 0) is 31.7 Å². The Morgan fingerprint density at radius 1 is 1.39 bits per heavy atom. The minimum Gasteiger partial charge on any atom is -0.360 e. The highest BCUT2D eigenvalue weighted by atomic mass is 35.5. The molecule has 2 unspecified atom stereocenters. The Bertz CT molecular complexity index is 384. The van der Waals surface area contributed by atoms with Gasteiger partial charge in [0.15, 0.2) is 6.10 Å². The first-order valence-corrected chi connectivity index (χ1v) is 5.84. The Balaban J connectivity index is 2.83. The van der Waals surface area contributed by atoms with Crippen molar-refractivity contribution in [3.8, 4) is 0 Å². The van der Waals surface area contributed by atoms with E-state index in [2.05, 4.69) is 5.32 Å². The molecular weight excluding hydrogens is 267 g/mol. The fourth-order valence-corrected chi connectivity index (χ4v) is 1.66. The maximum atomic E-state index is 12.5. The average molecular weight is 282 g/mol. The van der Waals surface area contributed by atoms with Crippen LogP contribution in [0, 0.1) is 0 Å². The van der Waals surface area contributed by atoms with E-state index >= 15 is 0 Å². The van der Waals surface area contributed by atoms with Gasteiger partial charge in [0.2, 0.25) is 0 Å². The lowest BCUT2D eigenvalue weighted by molar-refractivity contribution is -0.227. The summed E-state index contributed by atoms with van der Waals surface area (Å²) in [5.74, 6) is 0. The van der Waals surface area contributed by atoms with E-state index in [1.54, 1.807) is 31.3 Å². The molecule has 0 amide bonds. The average Bonchev–Trinajstić information content (AvgIpc) is 2.27. The van der Waals surface area contributed by atoms with E-state index in [4.69, 9.17) is 16.3 Å². The summed E-state index contributed by atoms with van der Waals surface area (Å²) >= 11 is 5.82. The highest BCUT2D eigenvalue weighted by Crippen LogP contribution is 2.28. The van der Waals surface area contributed by atoms with Crippen LogP contribution in [-0.2, 0) is 4.74 Å². The molecule has 6 heteroatoms. The van der Waals surface area contributed by atoms with Crippen LogP contribution in [0.2, 0.25) is 5.02 Å². The molecule has 0 fully saturated rings. The number of halogens is 4. The van der Waals surface area contributed by atoms with E-state index in [0.717, 1.165) is 6.92 Å². The molecule has 1 N–H and O–H groups in total. The third-order valence-corrected chi connectivity index (χ3v) is 2.67. The van der Waals surface area contributed by atoms with Crippen LogP contribution in [0.15, 0.2) is 24.3 Å². The zero-order chi connectivity index (χ0) is 13.8. The minimum absolute atomic E-state index is 0.279. The van der Waals surface area contributed by atoms with Gasteiger partial charge in [0.05, 0.1) is 6.10 Å². The Labute approximate surface area is 109 Å². The molecule has 0 aliphatic carbocycles. The topological polar surface area (TPSA) is 21.3 Å². The van der Waals surface area contributed by atoms with Gasteiger partial charge in [-0.1, -0.05) is 23.7 Å². The van der Waals surface area contributed by atoms with E-state index in [-0.39, 0.29) is 6.54 Å². The molecule has 1 aromatic carbocycles. The van der Waals surface area contributed by atoms with Gasteiger partial charge >= 0.3 is 6.18 Å². The third-order valence-electron chi connectivity index (χ3n) is 2.44. The van der Waals surface area contributed by atoms with Crippen molar-refractivity contribution in [1.82, 2.24) is 5.32 Å². The lowest BCUT2D eigenvalue weighted by Gasteiger charge is -2.24. The van der Waals surface area contributed by atoms with E-state index < -0.39 is 18.4 Å². The number of alkyl halides is 3. The lowest BCUT2D eigenvalue weighted by Crippen LogP contribution is -2.32. The van der Waals surface area contributed by atoms with Crippen LogP contribution in [0.5, 0.6) is 0 Å². The second-order valence-electron chi connectivity index (χ2n) is 3.92. The number of rotatable bonds is 5. The largest absolute Gasteiger partial charge is 0.414 e. The molecule has 1 rings (SSSR count). The van der Waals surface area contributed by atoms with E-state index in [1.807, 2.05) is 0 Å². The molecule has 2 nitrogen and oxygen atoms in total. The normalized spacial score (nSPS) is 15.4. The summed E-state index contributed by atoms with van der Waals surface area (Å²) in [6.07, 6.45) is -6.88. The van der Waals surface area contributed by atoms with Crippen LogP contribution in [0.25, 0.3) is 0 Å². The number of hydrogen-bond donors (Lipinski definition) is 1. The van der Waals surface area contributed by atoms with Crippen molar-refractivity contribution in [2.45, 2.75) is 25.3 Å². The summed E-state index contributed by atoms with van der Waals surface area (Å²) in [4.78, 5) is 0. The van der Waals surface area contributed by atoms with Crippen molar-refractivity contribution in [3.05, 3.63) is 34.9 Å². The molecule has 0 saturated carbocycles. The monoisotopic (exact) mass is 281 g/mol. The second kappa shape index (κ2) is 6.41. The summed E-state index contributed by atoms with van der Waals surface area (Å²) in [6, 6.07) is 6.64. The van der Waals surface area contributed by atoms with E-state index in [0.29, 0.717) is 10.6 Å². The van der Waals surface area contributed by atoms with Crippen LogP contribution in [0.4, 0.5) is 13.2 Å². The minimum atomic E-state index is -4.37. The predicted molar refractivity (Wildman–Crippen MR) is 64.7 cm³/mol. The SMILES string of the molecule is CNCC(OC(C)C(F)(F)F)c1cccc(Cl)c1. The van der Waals surface area contributed by atoms with Crippen LogP contribution in [-0.4, -0.2) is 25.9 Å². The Morgan fingerprint density at radius 2 is 2.06 bits per heavy atom. The molecular formula is C12H15ClF3NO. The standard InChI is InChI=1S/C12H15ClF3NO/c1-8(12(14,15)16)18-11(7-17-2)9-4-3-5-10(13)6-9/h3-6,8,11,17H,7H2,1-2H3. The highest BCUT2D eigenvalue weighted by Gasteiger charge is 2.38. The van der Waals surface area contributed by atoms with E-state index in [9.17, 15) is 13.2 Å². The molecule has 18 heavy (non-hydrogen) atoms. The Kier molecular flexibility index (Phi) is 5.44. The number of likely N-dealkylation sites (N-methyl/N-ethyl adjacent to an activating group) is 1. The summed E-state index contributed by atoms with van der Waals surface area (Å²) in [5, 5.41) is 3.28. The molecule has 1 aromatic rings. The van der Waals surface area contributed by atoms with Crippen LogP contribution >= 0.6 is 11.6 Å². The van der Waals surface area contributed by atoms with Crippen molar-refractivity contribution in [3.63, 3.8) is 0 Å². The highest BCUT2D eigenvalue weighted by molar-refractivity contribution is 6.30. The zero-order valence-electron chi connectivity index (χ0n) is 10.1. The van der Waals surface area contributed by atoms with Gasteiger partial charge in [-0.25, -0.2) is 0 Å². The maximum Gasteiger partial charge on any atom is 0.414 e. The van der Waals surface area contributed by atoms with Gasteiger partial charge in [0.25, 0.3) is 0 Å². The van der Waals surface area contributed by atoms with Crippen molar-refractivity contribution < 1.29 is 17.9 Å². The van der Waals surface area contributed by atoms with E-state index in [1.165, 1.54) is 0 Å². The number of benzene rings is 1. The third kappa shape index (κ3) is 4.48. The molecule has 0 radical (unpaired) electrons. The van der Waals surface area contributed by atoms with Crippen molar-refractivity contribution in [2.75, 3.05) is 13.6 Å². The molecule has 0 aliphatic heterocycles. The quantitative estimate of drug-likeness (QED) is 0.891. The fraction of sp³-hybridized carbons (Fsp3) is 0.500. The molecule has 102 valence electrons. The van der Waals surface area contributed by atoms with Gasteiger partial charge in [-0.2, -0.15) is 13.2 Å². The van der Waals surface area contributed by atoms with Crippen molar-refractivity contribution in [1.29, 1.82) is 0 Å². The maximum absolute atomic E-state index is 12.5. The van der Waals surface area contributed by atoms with Gasteiger partial charge in [-0.15, -0.1) is 0 Å². The van der Waals surface area contributed by atoms with Crippen molar-refractivity contribution >= 4 is 11.6 Å². The Morgan fingerprint density at radius 3 is 2.56 bits per heavy atom. The second-order valence-corrected chi connectivity index (χ2v) is 4.36. The molecule has 0 bridgehead atoms. The van der Waals surface area contributed by atoms with Gasteiger partial charge in [-0.3, -0.25) is 0 Å². The van der Waals surface area contributed by atoms with Crippen LogP contribution in [0.1, 0.15) is 18.6 Å². The molecule has 0 spiro atoms. The molecule has 0 saturated heterocycles. The smallest absolute Gasteiger partial charge is 0.360 e. The van der Waals surface area contributed by atoms with Crippen LogP contribution < -0.4 is 5.32 Å². The first-order valence-electron chi connectivity index (χ1n) is 5.47. The molecule has 0 aliphatic rings. The van der Waals surface area contributed by atoms with Crippen molar-refractivity contribution in [2.24, 2.45) is 0 Å². The van der Waals surface area contributed by atoms with Crippen LogP contribution in [0.3, 0.4) is 0 Å². The predicted octanol–water partition coefficient (Wildman–Crippen LogP) is 3.57. The first kappa shape index (κ1) is 15.3. The van der Waals surface area contributed by atoms with Gasteiger partial charge < -0.3 is 10.1 Å². The zero-order valence-corrected chi connectivity index (χ0v) is 10.8. The Hall–Kier alpha value is -0.780. The summed E-state index contributed by atoms with van der Waals surface area (Å²) in [7, 11) is 1.65. The summed E-state index contributed by atoms with van der Waals surface area (Å²) in [5.41, 5.74) is 0.618. The summed E-state index contributed by atoms with van der Waals surface area (Å²) < 4.78 is 42.5. The number of hydrogen-bond acceptors (Lipinski definition) is 2. The number of ether oxygens (including phenoxy) is 1. The molecule has 0 heterocycles. The molecule has 0 aromatic heterocycles. The molecule has 2 atom stereocenters. The number of nitrogens with one attached hydrogen (secondary N) is 1. The lowest BCUT2D eigenvalue weighted by atomic mass is 10.1. The first-order chi connectivity index (χ1) is 8.34. The fourth-order valence-electron chi connectivity index (χ4n) is 1.46. The summed E-state index contributed by atoms with van der Waals surface area (Å²) in [6.45, 7) is 1.27.